The summed E-state index contributed by atoms with van der Waals surface area (Å²) in [5, 5.41) is 16.4. The predicted octanol–water partition coefficient (Wildman–Crippen LogP) is 3.22. The average Bonchev–Trinajstić information content (AvgIpc) is 2.36. The third-order valence-electron chi connectivity index (χ3n) is 3.53. The second kappa shape index (κ2) is 5.51. The lowest BCUT2D eigenvalue weighted by molar-refractivity contribution is 0.0479. The van der Waals surface area contributed by atoms with Crippen LogP contribution in [-0.4, -0.2) is 22.2 Å². The van der Waals surface area contributed by atoms with Crippen molar-refractivity contribution in [1.82, 2.24) is 10.3 Å². The minimum absolute atomic E-state index is 0.0682. The molecule has 20 heavy (non-hydrogen) atoms. The van der Waals surface area contributed by atoms with Crippen LogP contribution in [0.15, 0.2) is 36.7 Å². The number of aromatic nitrogens is 1. The van der Waals surface area contributed by atoms with Crippen LogP contribution < -0.4 is 5.32 Å². The maximum absolute atomic E-state index is 10.8. The van der Waals surface area contributed by atoms with Gasteiger partial charge in [0.15, 0.2) is 0 Å². The van der Waals surface area contributed by atoms with Gasteiger partial charge in [0, 0.05) is 23.3 Å². The summed E-state index contributed by atoms with van der Waals surface area (Å²) in [6.07, 6.45) is 4.28. The summed E-state index contributed by atoms with van der Waals surface area (Å²) < 4.78 is 0. The number of fused-ring (bicyclic) bond motifs is 1. The first kappa shape index (κ1) is 14.9. The molecule has 1 unspecified atom stereocenters. The van der Waals surface area contributed by atoms with E-state index < -0.39 is 5.60 Å². The lowest BCUT2D eigenvalue weighted by atomic mass is 9.88. The fourth-order valence-corrected chi connectivity index (χ4v) is 2.41. The Kier molecular flexibility index (Phi) is 4.11. The first-order valence-corrected chi connectivity index (χ1v) is 7.10. The summed E-state index contributed by atoms with van der Waals surface area (Å²) in [4.78, 5) is 4.14. The molecule has 1 aromatic carbocycles. The number of hydrogen-bond acceptors (Lipinski definition) is 3. The Bertz CT molecular complexity index is 580. The highest BCUT2D eigenvalue weighted by Gasteiger charge is 2.25. The molecule has 0 bridgehead atoms. The van der Waals surface area contributed by atoms with Crippen molar-refractivity contribution in [2.24, 2.45) is 0 Å². The standard InChI is InChI=1S/C17H24N2O/c1-16(2,3)19-11-9-17(4,20)15-7-5-6-13-12-18-10-8-14(13)15/h5-8,10,12,19-20H,9,11H2,1-4H3. The largest absolute Gasteiger partial charge is 0.385 e. The van der Waals surface area contributed by atoms with Crippen LogP contribution in [0.1, 0.15) is 39.7 Å². The molecule has 1 aromatic heterocycles. The number of nitrogens with one attached hydrogen (secondary N) is 1. The molecular weight excluding hydrogens is 248 g/mol. The van der Waals surface area contributed by atoms with E-state index in [9.17, 15) is 5.11 Å². The lowest BCUT2D eigenvalue weighted by Gasteiger charge is -2.28. The van der Waals surface area contributed by atoms with Gasteiger partial charge in [0.1, 0.15) is 0 Å². The first-order chi connectivity index (χ1) is 9.30. The van der Waals surface area contributed by atoms with Crippen LogP contribution >= 0.6 is 0 Å². The maximum Gasteiger partial charge on any atom is 0.0886 e. The molecule has 2 N–H and O–H groups in total. The van der Waals surface area contributed by atoms with Crippen molar-refractivity contribution < 1.29 is 5.11 Å². The Morgan fingerprint density at radius 1 is 1.15 bits per heavy atom. The number of pyridine rings is 1. The van der Waals surface area contributed by atoms with E-state index in [0.29, 0.717) is 6.42 Å². The van der Waals surface area contributed by atoms with Gasteiger partial charge >= 0.3 is 0 Å². The monoisotopic (exact) mass is 272 g/mol. The molecule has 0 radical (unpaired) electrons. The van der Waals surface area contributed by atoms with Gasteiger partial charge in [-0.3, -0.25) is 4.98 Å². The summed E-state index contributed by atoms with van der Waals surface area (Å²) in [7, 11) is 0. The van der Waals surface area contributed by atoms with Crippen molar-refractivity contribution in [1.29, 1.82) is 0 Å². The molecule has 2 rings (SSSR count). The molecule has 108 valence electrons. The van der Waals surface area contributed by atoms with Gasteiger partial charge in [-0.25, -0.2) is 0 Å². The quantitative estimate of drug-likeness (QED) is 0.898. The molecule has 0 aliphatic heterocycles. The highest BCUT2D eigenvalue weighted by molar-refractivity contribution is 5.85. The molecule has 3 heteroatoms. The number of benzene rings is 1. The van der Waals surface area contributed by atoms with Gasteiger partial charge in [0.25, 0.3) is 0 Å². The van der Waals surface area contributed by atoms with Crippen molar-refractivity contribution in [2.45, 2.75) is 45.3 Å². The summed E-state index contributed by atoms with van der Waals surface area (Å²) >= 11 is 0. The van der Waals surface area contributed by atoms with Crippen LogP contribution in [0.5, 0.6) is 0 Å². The van der Waals surface area contributed by atoms with Crippen LogP contribution in [-0.2, 0) is 5.60 Å². The Labute approximate surface area is 121 Å². The molecule has 3 nitrogen and oxygen atoms in total. The van der Waals surface area contributed by atoms with Gasteiger partial charge in [-0.2, -0.15) is 0 Å². The van der Waals surface area contributed by atoms with Crippen LogP contribution in [0.25, 0.3) is 10.8 Å². The summed E-state index contributed by atoms with van der Waals surface area (Å²) in [6, 6.07) is 7.97. The van der Waals surface area contributed by atoms with Crippen molar-refractivity contribution in [2.75, 3.05) is 6.54 Å². The summed E-state index contributed by atoms with van der Waals surface area (Å²) in [6.45, 7) is 9.05. The average molecular weight is 272 g/mol. The van der Waals surface area contributed by atoms with Gasteiger partial charge in [-0.05, 0) is 57.7 Å². The molecule has 0 saturated heterocycles. The number of aliphatic hydroxyl groups is 1. The molecule has 0 saturated carbocycles. The van der Waals surface area contributed by atoms with Gasteiger partial charge in [0.05, 0.1) is 5.60 Å². The maximum atomic E-state index is 10.8. The zero-order valence-corrected chi connectivity index (χ0v) is 12.8. The van der Waals surface area contributed by atoms with E-state index in [4.69, 9.17) is 0 Å². The Hall–Kier alpha value is -1.45. The molecule has 2 aromatic rings. The minimum Gasteiger partial charge on any atom is -0.385 e. The zero-order valence-electron chi connectivity index (χ0n) is 12.8. The normalized spacial score (nSPS) is 15.2. The Morgan fingerprint density at radius 3 is 2.60 bits per heavy atom. The number of rotatable bonds is 4. The van der Waals surface area contributed by atoms with E-state index in [1.54, 1.807) is 6.20 Å². The van der Waals surface area contributed by atoms with Crippen LogP contribution in [0, 0.1) is 0 Å². The van der Waals surface area contributed by atoms with E-state index in [1.807, 2.05) is 37.4 Å². The Balaban J connectivity index is 2.23. The van der Waals surface area contributed by atoms with E-state index >= 15 is 0 Å². The fourth-order valence-electron chi connectivity index (χ4n) is 2.41. The molecular formula is C17H24N2O. The molecule has 1 heterocycles. The van der Waals surface area contributed by atoms with E-state index in [1.165, 1.54) is 0 Å². The van der Waals surface area contributed by atoms with Gasteiger partial charge < -0.3 is 10.4 Å². The van der Waals surface area contributed by atoms with Crippen LogP contribution in [0.3, 0.4) is 0 Å². The fraction of sp³-hybridized carbons (Fsp3) is 0.471. The molecule has 1 atom stereocenters. The van der Waals surface area contributed by atoms with Gasteiger partial charge in [0.2, 0.25) is 0 Å². The van der Waals surface area contributed by atoms with Crippen molar-refractivity contribution >= 4 is 10.8 Å². The third kappa shape index (κ3) is 3.56. The van der Waals surface area contributed by atoms with Gasteiger partial charge in [-0.15, -0.1) is 0 Å². The van der Waals surface area contributed by atoms with E-state index in [0.717, 1.165) is 22.9 Å². The topological polar surface area (TPSA) is 45.1 Å². The van der Waals surface area contributed by atoms with Crippen molar-refractivity contribution in [3.63, 3.8) is 0 Å². The van der Waals surface area contributed by atoms with Crippen molar-refractivity contribution in [3.8, 4) is 0 Å². The number of nitrogens with zero attached hydrogens (tertiary/aromatic N) is 1. The lowest BCUT2D eigenvalue weighted by Crippen LogP contribution is -2.39. The van der Waals surface area contributed by atoms with Crippen LogP contribution in [0.2, 0.25) is 0 Å². The number of hydrogen-bond donors (Lipinski definition) is 2. The predicted molar refractivity (Wildman–Crippen MR) is 83.7 cm³/mol. The molecule has 0 amide bonds. The van der Waals surface area contributed by atoms with E-state index in [2.05, 4.69) is 31.1 Å². The zero-order chi connectivity index (χ0) is 14.8. The smallest absolute Gasteiger partial charge is 0.0886 e. The van der Waals surface area contributed by atoms with Gasteiger partial charge in [-0.1, -0.05) is 18.2 Å². The second-order valence-corrected chi connectivity index (χ2v) is 6.60. The highest BCUT2D eigenvalue weighted by atomic mass is 16.3. The highest BCUT2D eigenvalue weighted by Crippen LogP contribution is 2.30. The van der Waals surface area contributed by atoms with E-state index in [-0.39, 0.29) is 5.54 Å². The third-order valence-corrected chi connectivity index (χ3v) is 3.53. The Morgan fingerprint density at radius 2 is 1.90 bits per heavy atom. The second-order valence-electron chi connectivity index (χ2n) is 6.60. The van der Waals surface area contributed by atoms with Crippen molar-refractivity contribution in [3.05, 3.63) is 42.2 Å². The summed E-state index contributed by atoms with van der Waals surface area (Å²) in [5.74, 6) is 0. The summed E-state index contributed by atoms with van der Waals surface area (Å²) in [5.41, 5.74) is 0.186. The molecule has 0 fully saturated rings. The van der Waals surface area contributed by atoms with Crippen LogP contribution in [0.4, 0.5) is 0 Å². The molecule has 0 aliphatic carbocycles. The molecule has 0 aliphatic rings. The first-order valence-electron chi connectivity index (χ1n) is 7.10. The minimum atomic E-state index is -0.848. The molecule has 0 spiro atoms. The SMILES string of the molecule is CC(C)(C)NCCC(C)(O)c1cccc2cnccc12.